The van der Waals surface area contributed by atoms with E-state index in [-0.39, 0.29) is 5.82 Å². The molecule has 0 bridgehead atoms. The molecule has 0 spiro atoms. The molecule has 0 fully saturated rings. The first-order valence-corrected chi connectivity index (χ1v) is 9.82. The van der Waals surface area contributed by atoms with E-state index in [1.807, 2.05) is 38.1 Å². The molecule has 0 amide bonds. The fourth-order valence-corrected chi connectivity index (χ4v) is 2.70. The van der Waals surface area contributed by atoms with Crippen molar-refractivity contribution in [2.75, 3.05) is 0 Å². The number of hydrogen-bond donors (Lipinski definition) is 2. The van der Waals surface area contributed by atoms with Crippen molar-refractivity contribution >= 4 is 0 Å². The molecular formula is C25H31FO2. The molecule has 1 aliphatic rings. The summed E-state index contributed by atoms with van der Waals surface area (Å²) in [6.07, 6.45) is 4.91. The molecular weight excluding hydrogens is 351 g/mol. The van der Waals surface area contributed by atoms with Gasteiger partial charge in [0.25, 0.3) is 0 Å². The van der Waals surface area contributed by atoms with Crippen molar-refractivity contribution in [2.45, 2.75) is 46.5 Å². The summed E-state index contributed by atoms with van der Waals surface area (Å²) in [5.74, 6) is 0.598. The summed E-state index contributed by atoms with van der Waals surface area (Å²) in [6, 6.07) is 21.1. The molecule has 0 radical (unpaired) electrons. The minimum absolute atomic E-state index is 0.132. The highest BCUT2D eigenvalue weighted by Gasteiger charge is 2.08. The lowest BCUT2D eigenvalue weighted by atomic mass is 9.92. The molecule has 3 aromatic rings. The van der Waals surface area contributed by atoms with Crippen LogP contribution in [0.25, 0.3) is 0 Å². The van der Waals surface area contributed by atoms with Crippen LogP contribution in [0.5, 0.6) is 11.5 Å². The monoisotopic (exact) mass is 382 g/mol. The minimum atomic E-state index is -0.132. The predicted octanol–water partition coefficient (Wildman–Crippen LogP) is 6.82. The number of halogens is 1. The largest absolute Gasteiger partial charge is 0.508 e. The van der Waals surface area contributed by atoms with E-state index < -0.39 is 0 Å². The fraction of sp³-hybridized carbons (Fsp3) is 0.280. The molecule has 0 atom stereocenters. The Morgan fingerprint density at radius 1 is 0.679 bits per heavy atom. The first-order valence-electron chi connectivity index (χ1n) is 9.82. The number of rotatable bonds is 0. The molecule has 2 nitrogen and oxygen atoms in total. The first-order chi connectivity index (χ1) is 13.6. The molecule has 0 saturated heterocycles. The number of benzene rings is 3. The normalized spacial score (nSPS) is 11.3. The lowest BCUT2D eigenvalue weighted by Crippen LogP contribution is -2.01. The maximum absolute atomic E-state index is 12.3. The van der Waals surface area contributed by atoms with Crippen LogP contribution >= 0.6 is 0 Å². The highest BCUT2D eigenvalue weighted by Crippen LogP contribution is 2.24. The van der Waals surface area contributed by atoms with Gasteiger partial charge in [-0.1, -0.05) is 56.3 Å². The highest BCUT2D eigenvalue weighted by atomic mass is 19.1. The van der Waals surface area contributed by atoms with Crippen molar-refractivity contribution in [1.82, 2.24) is 0 Å². The van der Waals surface area contributed by atoms with Gasteiger partial charge in [-0.05, 0) is 79.6 Å². The maximum atomic E-state index is 12.3. The van der Waals surface area contributed by atoms with Crippen molar-refractivity contribution in [1.29, 1.82) is 0 Å². The van der Waals surface area contributed by atoms with Crippen molar-refractivity contribution in [3.8, 4) is 11.5 Å². The van der Waals surface area contributed by atoms with Gasteiger partial charge in [0.15, 0.2) is 0 Å². The van der Waals surface area contributed by atoms with E-state index in [4.69, 9.17) is 5.11 Å². The summed E-state index contributed by atoms with van der Waals surface area (Å²) < 4.78 is 12.3. The highest BCUT2D eigenvalue weighted by molar-refractivity contribution is 5.36. The molecule has 4 rings (SSSR count). The second-order valence-corrected chi connectivity index (χ2v) is 6.24. The Morgan fingerprint density at radius 3 is 1.75 bits per heavy atom. The Labute approximate surface area is 168 Å². The molecule has 1 aliphatic carbocycles. The maximum Gasteiger partial charge on any atom is 0.126 e. The number of aryl methyl sites for hydroxylation is 3. The molecule has 0 aromatic heterocycles. The van der Waals surface area contributed by atoms with E-state index in [9.17, 15) is 9.50 Å². The van der Waals surface area contributed by atoms with E-state index in [0.717, 1.165) is 6.42 Å². The van der Waals surface area contributed by atoms with Crippen LogP contribution in [-0.4, -0.2) is 10.2 Å². The van der Waals surface area contributed by atoms with Crippen LogP contribution in [0.15, 0.2) is 72.8 Å². The van der Waals surface area contributed by atoms with Crippen molar-refractivity contribution in [2.24, 2.45) is 0 Å². The van der Waals surface area contributed by atoms with Gasteiger partial charge in [-0.3, -0.25) is 0 Å². The van der Waals surface area contributed by atoms with Gasteiger partial charge in [-0.25, -0.2) is 4.39 Å². The molecule has 3 heteroatoms. The zero-order valence-corrected chi connectivity index (χ0v) is 17.0. The van der Waals surface area contributed by atoms with Crippen LogP contribution in [0, 0.1) is 12.7 Å². The van der Waals surface area contributed by atoms with Gasteiger partial charge in [-0.15, -0.1) is 0 Å². The number of para-hydroxylation sites is 1. The van der Waals surface area contributed by atoms with Crippen LogP contribution in [0.3, 0.4) is 0 Å². The molecule has 0 saturated carbocycles. The molecule has 2 N–H and O–H groups in total. The van der Waals surface area contributed by atoms with E-state index in [0.29, 0.717) is 17.1 Å². The Bertz CT molecular complexity index is 780. The van der Waals surface area contributed by atoms with Gasteiger partial charge >= 0.3 is 0 Å². The van der Waals surface area contributed by atoms with Crippen molar-refractivity contribution in [3.05, 3.63) is 95.3 Å². The molecule has 150 valence electrons. The Kier molecular flexibility index (Phi) is 11.1. The Hall–Kier alpha value is -2.81. The fourth-order valence-electron chi connectivity index (χ4n) is 2.70. The zero-order chi connectivity index (χ0) is 20.8. The van der Waals surface area contributed by atoms with Crippen molar-refractivity contribution < 1.29 is 14.6 Å². The van der Waals surface area contributed by atoms with Crippen molar-refractivity contribution in [3.63, 3.8) is 0 Å². The average molecular weight is 383 g/mol. The van der Waals surface area contributed by atoms with E-state index in [2.05, 4.69) is 0 Å². The summed E-state index contributed by atoms with van der Waals surface area (Å²) in [7, 11) is 0. The lowest BCUT2D eigenvalue weighted by Gasteiger charge is -2.14. The summed E-state index contributed by atoms with van der Waals surface area (Å²) in [4.78, 5) is 0. The van der Waals surface area contributed by atoms with Gasteiger partial charge in [0.1, 0.15) is 17.3 Å². The number of fused-ring (bicyclic) bond motifs is 1. The van der Waals surface area contributed by atoms with E-state index >= 15 is 0 Å². The van der Waals surface area contributed by atoms with Gasteiger partial charge in [0.05, 0.1) is 0 Å². The molecule has 3 aromatic carbocycles. The van der Waals surface area contributed by atoms with Gasteiger partial charge in [0.2, 0.25) is 0 Å². The van der Waals surface area contributed by atoms with Crippen LogP contribution in [0.1, 0.15) is 43.4 Å². The van der Waals surface area contributed by atoms with Crippen LogP contribution in [0.4, 0.5) is 4.39 Å². The number of phenolic OH excluding ortho intramolecular Hbond substituents is 2. The van der Waals surface area contributed by atoms with Crippen LogP contribution in [-0.2, 0) is 12.8 Å². The lowest BCUT2D eigenvalue weighted by molar-refractivity contribution is 0.473. The zero-order valence-electron chi connectivity index (χ0n) is 17.0. The third kappa shape index (κ3) is 8.72. The second kappa shape index (κ2) is 13.4. The second-order valence-electron chi connectivity index (χ2n) is 6.24. The smallest absolute Gasteiger partial charge is 0.126 e. The topological polar surface area (TPSA) is 40.5 Å². The third-order valence-electron chi connectivity index (χ3n) is 4.16. The Balaban J connectivity index is 0.000000207. The van der Waals surface area contributed by atoms with E-state index in [1.54, 1.807) is 49.4 Å². The Morgan fingerprint density at radius 2 is 1.25 bits per heavy atom. The third-order valence-corrected chi connectivity index (χ3v) is 4.16. The number of phenols is 2. The van der Waals surface area contributed by atoms with Gasteiger partial charge < -0.3 is 10.2 Å². The first kappa shape index (κ1) is 23.2. The standard InChI is InChI=1S/C10H12O.C7H7F.C6H6O.C2H6/c11-10-6-5-8-3-1-2-4-9(8)7-10;1-6-4-2-3-5-7(6)8;7-6-4-2-1-3-5-6;1-2/h5-7,11H,1-4H2;2-5H,1H3;1-5,7H;1-2H3. The number of aromatic hydroxyl groups is 2. The summed E-state index contributed by atoms with van der Waals surface area (Å²) >= 11 is 0. The summed E-state index contributed by atoms with van der Waals surface area (Å²) in [5, 5.41) is 17.8. The van der Waals surface area contributed by atoms with Gasteiger partial charge in [0, 0.05) is 0 Å². The molecule has 28 heavy (non-hydrogen) atoms. The summed E-state index contributed by atoms with van der Waals surface area (Å²) in [5.41, 5.74) is 3.47. The quantitative estimate of drug-likeness (QED) is 0.448. The summed E-state index contributed by atoms with van der Waals surface area (Å²) in [6.45, 7) is 5.75. The average Bonchev–Trinajstić information content (AvgIpc) is 2.73. The molecule has 0 unspecified atom stereocenters. The van der Waals surface area contributed by atoms with Crippen LogP contribution < -0.4 is 0 Å². The SMILES string of the molecule is CC.Cc1ccccc1F.Oc1ccc2c(c1)CCCC2.Oc1ccccc1. The molecule has 0 heterocycles. The molecule has 0 aliphatic heterocycles. The minimum Gasteiger partial charge on any atom is -0.508 e. The van der Waals surface area contributed by atoms with Crippen LogP contribution in [0.2, 0.25) is 0 Å². The van der Waals surface area contributed by atoms with E-state index in [1.165, 1.54) is 36.5 Å². The predicted molar refractivity (Wildman–Crippen MR) is 115 cm³/mol. The van der Waals surface area contributed by atoms with Gasteiger partial charge in [-0.2, -0.15) is 0 Å². The number of hydrogen-bond acceptors (Lipinski definition) is 2.